The first kappa shape index (κ1) is 14.1. The van der Waals surface area contributed by atoms with Crippen molar-refractivity contribution in [2.75, 3.05) is 6.61 Å². The first-order valence-corrected chi connectivity index (χ1v) is 5.68. The number of esters is 1. The molecule has 94 valence electrons. The number of halogens is 3. The lowest BCUT2D eigenvalue weighted by Crippen LogP contribution is -2.17. The van der Waals surface area contributed by atoms with Crippen molar-refractivity contribution in [3.05, 3.63) is 33.8 Å². The molecule has 0 aliphatic rings. The molecule has 0 aliphatic carbocycles. The van der Waals surface area contributed by atoms with Gasteiger partial charge in [0.1, 0.15) is 0 Å². The maximum Gasteiger partial charge on any atom is 0.339 e. The molecular formula is C11H11BrF2O3. The van der Waals surface area contributed by atoms with E-state index in [-0.39, 0.29) is 17.7 Å². The lowest BCUT2D eigenvalue weighted by molar-refractivity contribution is -0.153. The molecule has 0 aromatic heterocycles. The smallest absolute Gasteiger partial charge is 0.339 e. The number of ether oxygens (including phenoxy) is 1. The molecule has 3 nitrogen and oxygen atoms in total. The molecule has 6 heteroatoms. The zero-order valence-corrected chi connectivity index (χ0v) is 10.6. The molecule has 0 saturated carbocycles. The summed E-state index contributed by atoms with van der Waals surface area (Å²) in [4.78, 5) is 11.3. The molecule has 1 rings (SSSR count). The van der Waals surface area contributed by atoms with Gasteiger partial charge in [-0.1, -0.05) is 22.0 Å². The Hall–Kier alpha value is -1.01. The van der Waals surface area contributed by atoms with Gasteiger partial charge in [-0.2, -0.15) is 0 Å². The van der Waals surface area contributed by atoms with E-state index in [0.717, 1.165) is 6.07 Å². The van der Waals surface area contributed by atoms with E-state index in [1.807, 2.05) is 0 Å². The van der Waals surface area contributed by atoms with Crippen molar-refractivity contribution in [2.24, 2.45) is 0 Å². The predicted molar refractivity (Wildman–Crippen MR) is 60.7 cm³/mol. The minimum atomic E-state index is -2.76. The van der Waals surface area contributed by atoms with Crippen LogP contribution in [0.25, 0.3) is 0 Å². The first-order chi connectivity index (χ1) is 7.97. The summed E-state index contributed by atoms with van der Waals surface area (Å²) < 4.78 is 30.5. The summed E-state index contributed by atoms with van der Waals surface area (Å²) in [5.41, 5.74) is -0.526. The molecule has 1 aromatic carbocycles. The zero-order chi connectivity index (χ0) is 13.0. The molecule has 1 unspecified atom stereocenters. The molecule has 0 spiro atoms. The van der Waals surface area contributed by atoms with E-state index < -0.39 is 18.5 Å². The Balaban J connectivity index is 3.10. The van der Waals surface area contributed by atoms with Crippen LogP contribution >= 0.6 is 15.9 Å². The van der Waals surface area contributed by atoms with Gasteiger partial charge in [0.15, 0.2) is 6.10 Å². The highest BCUT2D eigenvalue weighted by atomic mass is 79.9. The molecule has 1 N–H and O–H groups in total. The number of alkyl halides is 2. The molecule has 1 atom stereocenters. The van der Waals surface area contributed by atoms with Crippen molar-refractivity contribution in [2.45, 2.75) is 19.5 Å². The summed E-state index contributed by atoms with van der Waals surface area (Å²) in [6, 6.07) is 3.86. The highest BCUT2D eigenvalue weighted by molar-refractivity contribution is 9.10. The molecule has 0 radical (unpaired) electrons. The number of carbonyl (C=O) groups excluding carboxylic acids is 1. The van der Waals surface area contributed by atoms with Crippen LogP contribution in [0.5, 0.6) is 0 Å². The van der Waals surface area contributed by atoms with Crippen molar-refractivity contribution < 1.29 is 23.4 Å². The van der Waals surface area contributed by atoms with Crippen LogP contribution in [0.2, 0.25) is 0 Å². The molecule has 0 fully saturated rings. The van der Waals surface area contributed by atoms with E-state index >= 15 is 0 Å². The van der Waals surface area contributed by atoms with Crippen LogP contribution in [-0.4, -0.2) is 17.7 Å². The average molecular weight is 309 g/mol. The number of benzene rings is 1. The van der Waals surface area contributed by atoms with E-state index in [1.165, 1.54) is 12.1 Å². The Labute approximate surface area is 106 Å². The Morgan fingerprint density at radius 3 is 2.65 bits per heavy atom. The number of hydrogen-bond acceptors (Lipinski definition) is 3. The summed E-state index contributed by atoms with van der Waals surface area (Å²) in [5.74, 6) is -0.937. The van der Waals surface area contributed by atoms with Gasteiger partial charge in [0.05, 0.1) is 6.61 Å². The highest BCUT2D eigenvalue weighted by Gasteiger charge is 2.25. The second-order valence-corrected chi connectivity index (χ2v) is 4.14. The fourth-order valence-corrected chi connectivity index (χ4v) is 1.71. The maximum atomic E-state index is 12.7. The van der Waals surface area contributed by atoms with Crippen LogP contribution < -0.4 is 0 Å². The van der Waals surface area contributed by atoms with Crippen molar-refractivity contribution in [1.82, 2.24) is 0 Å². The van der Waals surface area contributed by atoms with Crippen molar-refractivity contribution >= 4 is 21.9 Å². The minimum Gasteiger partial charge on any atom is -0.464 e. The quantitative estimate of drug-likeness (QED) is 0.870. The maximum absolute atomic E-state index is 12.7. The SMILES string of the molecule is CCOC(=O)C(O)c1cc(Br)ccc1C(F)F. The second kappa shape index (κ2) is 6.07. The summed E-state index contributed by atoms with van der Waals surface area (Å²) in [6.45, 7) is 1.65. The number of rotatable bonds is 4. The number of hydrogen-bond donors (Lipinski definition) is 1. The number of aliphatic hydroxyl groups is 1. The highest BCUT2D eigenvalue weighted by Crippen LogP contribution is 2.30. The summed E-state index contributed by atoms with van der Waals surface area (Å²) >= 11 is 3.09. The van der Waals surface area contributed by atoms with Crippen LogP contribution in [0.1, 0.15) is 30.6 Å². The number of carbonyl (C=O) groups is 1. The third-order valence-electron chi connectivity index (χ3n) is 2.09. The Morgan fingerprint density at radius 2 is 2.12 bits per heavy atom. The second-order valence-electron chi connectivity index (χ2n) is 3.23. The fourth-order valence-electron chi connectivity index (χ4n) is 1.33. The molecule has 1 aromatic rings. The van der Waals surface area contributed by atoms with E-state index in [0.29, 0.717) is 4.47 Å². The molecular weight excluding hydrogens is 298 g/mol. The first-order valence-electron chi connectivity index (χ1n) is 4.89. The summed E-state index contributed by atoms with van der Waals surface area (Å²) in [5, 5.41) is 9.65. The largest absolute Gasteiger partial charge is 0.464 e. The minimum absolute atomic E-state index is 0.0773. The Kier molecular flexibility index (Phi) is 5.02. The van der Waals surface area contributed by atoms with Gasteiger partial charge < -0.3 is 9.84 Å². The van der Waals surface area contributed by atoms with Gasteiger partial charge in [0, 0.05) is 15.6 Å². The molecule has 0 saturated heterocycles. The van der Waals surface area contributed by atoms with E-state index in [4.69, 9.17) is 0 Å². The lowest BCUT2D eigenvalue weighted by atomic mass is 10.0. The van der Waals surface area contributed by atoms with Crippen LogP contribution in [0, 0.1) is 0 Å². The molecule has 0 amide bonds. The molecule has 17 heavy (non-hydrogen) atoms. The van der Waals surface area contributed by atoms with E-state index in [1.54, 1.807) is 6.92 Å². The van der Waals surface area contributed by atoms with Crippen LogP contribution in [-0.2, 0) is 9.53 Å². The molecule has 0 bridgehead atoms. The van der Waals surface area contributed by atoms with Gasteiger partial charge in [-0.25, -0.2) is 13.6 Å². The predicted octanol–water partition coefficient (Wildman–Crippen LogP) is 2.98. The van der Waals surface area contributed by atoms with Crippen molar-refractivity contribution in [3.63, 3.8) is 0 Å². The van der Waals surface area contributed by atoms with Gasteiger partial charge in [-0.15, -0.1) is 0 Å². The van der Waals surface area contributed by atoms with Gasteiger partial charge >= 0.3 is 5.97 Å². The normalized spacial score (nSPS) is 12.6. The molecule has 0 aliphatic heterocycles. The van der Waals surface area contributed by atoms with Crippen molar-refractivity contribution in [1.29, 1.82) is 0 Å². The van der Waals surface area contributed by atoms with Gasteiger partial charge in [-0.05, 0) is 19.1 Å². The third-order valence-corrected chi connectivity index (χ3v) is 2.58. The Morgan fingerprint density at radius 1 is 1.47 bits per heavy atom. The lowest BCUT2D eigenvalue weighted by Gasteiger charge is -2.14. The third kappa shape index (κ3) is 3.47. The van der Waals surface area contributed by atoms with Crippen LogP contribution in [0.3, 0.4) is 0 Å². The van der Waals surface area contributed by atoms with Crippen LogP contribution in [0.4, 0.5) is 8.78 Å². The van der Waals surface area contributed by atoms with Gasteiger partial charge in [-0.3, -0.25) is 0 Å². The van der Waals surface area contributed by atoms with E-state index in [2.05, 4.69) is 20.7 Å². The fraction of sp³-hybridized carbons (Fsp3) is 0.364. The van der Waals surface area contributed by atoms with Crippen LogP contribution in [0.15, 0.2) is 22.7 Å². The van der Waals surface area contributed by atoms with Gasteiger partial charge in [0.2, 0.25) is 0 Å². The van der Waals surface area contributed by atoms with Gasteiger partial charge in [0.25, 0.3) is 6.43 Å². The standard InChI is InChI=1S/C11H11BrF2O3/c1-2-17-11(16)9(15)8-5-6(12)3-4-7(8)10(13)14/h3-5,9-10,15H,2H2,1H3. The summed E-state index contributed by atoms with van der Waals surface area (Å²) in [7, 11) is 0. The van der Waals surface area contributed by atoms with Crippen molar-refractivity contribution in [3.8, 4) is 0 Å². The van der Waals surface area contributed by atoms with E-state index in [9.17, 15) is 18.7 Å². The monoisotopic (exact) mass is 308 g/mol. The molecule has 0 heterocycles. The summed E-state index contributed by atoms with van der Waals surface area (Å²) in [6.07, 6.45) is -4.46. The Bertz CT molecular complexity index is 410. The average Bonchev–Trinajstić information content (AvgIpc) is 2.27. The number of aliphatic hydroxyl groups excluding tert-OH is 1. The topological polar surface area (TPSA) is 46.5 Å². The zero-order valence-electron chi connectivity index (χ0n) is 8.99.